The Morgan fingerprint density at radius 2 is 2.12 bits per heavy atom. The van der Waals surface area contributed by atoms with Crippen LogP contribution in [-0.4, -0.2) is 14.8 Å². The molecule has 5 heteroatoms. The fourth-order valence-corrected chi connectivity index (χ4v) is 3.08. The van der Waals surface area contributed by atoms with Crippen LogP contribution in [-0.2, 0) is 0 Å². The van der Waals surface area contributed by atoms with Crippen LogP contribution in [0.15, 0.2) is 22.1 Å². The van der Waals surface area contributed by atoms with E-state index in [4.69, 9.17) is 0 Å². The zero-order valence-corrected chi connectivity index (χ0v) is 16.9. The molecule has 0 aliphatic carbocycles. The van der Waals surface area contributed by atoms with Crippen LogP contribution in [0.1, 0.15) is 59.9 Å². The molecule has 0 aliphatic rings. The van der Waals surface area contributed by atoms with E-state index in [1.165, 1.54) is 0 Å². The third-order valence-electron chi connectivity index (χ3n) is 3.86. The van der Waals surface area contributed by atoms with Crippen LogP contribution in [0.3, 0.4) is 0 Å². The molecule has 1 N–H and O–H groups in total. The Labute approximate surface area is 152 Å². The highest BCUT2D eigenvalue weighted by Crippen LogP contribution is 2.19. The molecular weight excluding hydrogens is 366 g/mol. The lowest BCUT2D eigenvalue weighted by atomic mass is 10.1. The Hall–Kier alpha value is -1.62. The van der Waals surface area contributed by atoms with Crippen LogP contribution >= 0.6 is 15.9 Å². The maximum Gasteiger partial charge on any atom is 0.259 e. The number of rotatable bonds is 5. The van der Waals surface area contributed by atoms with Gasteiger partial charge in [0.05, 0.1) is 28.5 Å². The Bertz CT molecular complexity index is 861. The van der Waals surface area contributed by atoms with E-state index in [2.05, 4.69) is 46.4 Å². The molecule has 1 unspecified atom stereocenters. The molecule has 132 valence electrons. The van der Waals surface area contributed by atoms with Crippen molar-refractivity contribution in [2.75, 3.05) is 0 Å². The molecular formula is C19H28BrN3O. The van der Waals surface area contributed by atoms with E-state index in [-0.39, 0.29) is 5.56 Å². The largest absolute Gasteiger partial charge is 0.321 e. The maximum absolute atomic E-state index is 12.3. The minimum absolute atomic E-state index is 0.113. The zero-order chi connectivity index (χ0) is 18.3. The Balaban J connectivity index is 0.00000139. The van der Waals surface area contributed by atoms with Gasteiger partial charge in [0.1, 0.15) is 0 Å². The summed E-state index contributed by atoms with van der Waals surface area (Å²) < 4.78 is 2.73. The van der Waals surface area contributed by atoms with Crippen molar-refractivity contribution >= 4 is 39.0 Å². The first kappa shape index (κ1) is 20.4. The van der Waals surface area contributed by atoms with E-state index in [1.807, 2.05) is 37.6 Å². The van der Waals surface area contributed by atoms with Gasteiger partial charge in [0.25, 0.3) is 5.56 Å². The zero-order valence-electron chi connectivity index (χ0n) is 15.3. The van der Waals surface area contributed by atoms with E-state index in [0.29, 0.717) is 11.4 Å². The molecule has 0 fully saturated rings. The van der Waals surface area contributed by atoms with Crippen LogP contribution < -0.4 is 16.1 Å². The van der Waals surface area contributed by atoms with Gasteiger partial charge in [-0.1, -0.05) is 62.7 Å². The number of allylic oxidation sites excluding steroid dienone is 1. The Morgan fingerprint density at radius 3 is 2.62 bits per heavy atom. The number of H-pyrrole nitrogens is 1. The molecule has 1 atom stereocenters. The number of fused-ring (bicyclic) bond motifs is 1. The smallest absolute Gasteiger partial charge is 0.259 e. The molecule has 2 aromatic heterocycles. The summed E-state index contributed by atoms with van der Waals surface area (Å²) in [6, 6.07) is 0.308. The summed E-state index contributed by atoms with van der Waals surface area (Å²) in [5.74, 6) is 0. The molecule has 0 spiro atoms. The van der Waals surface area contributed by atoms with Gasteiger partial charge in [0.15, 0.2) is 0 Å². The molecule has 0 aliphatic heterocycles. The first-order chi connectivity index (χ1) is 11.5. The normalized spacial score (nSPS) is 13.8. The van der Waals surface area contributed by atoms with Crippen molar-refractivity contribution in [2.45, 2.75) is 59.9 Å². The van der Waals surface area contributed by atoms with E-state index < -0.39 is 0 Å². The van der Waals surface area contributed by atoms with Crippen LogP contribution in [0.2, 0.25) is 0 Å². The quantitative estimate of drug-likeness (QED) is 0.834. The number of halogens is 1. The maximum atomic E-state index is 12.3. The number of hydrogen-bond donors (Lipinski definition) is 1. The average molecular weight is 394 g/mol. The molecule has 0 bridgehead atoms. The number of nitrogens with one attached hydrogen (secondary N) is 1. The third kappa shape index (κ3) is 4.26. The predicted octanol–water partition coefficient (Wildman–Crippen LogP) is 3.99. The fraction of sp³-hybridized carbons (Fsp3) is 0.474. The first-order valence-electron chi connectivity index (χ1n) is 8.65. The number of hydrogen-bond acceptors (Lipinski definition) is 2. The van der Waals surface area contributed by atoms with Gasteiger partial charge >= 0.3 is 0 Å². The molecule has 0 radical (unpaired) electrons. The van der Waals surface area contributed by atoms with Crippen molar-refractivity contribution in [3.8, 4) is 0 Å². The molecule has 0 saturated heterocycles. The minimum Gasteiger partial charge on any atom is -0.321 e. The molecule has 0 aromatic carbocycles. The Morgan fingerprint density at radius 1 is 1.46 bits per heavy atom. The minimum atomic E-state index is -0.113. The summed E-state index contributed by atoms with van der Waals surface area (Å²) in [5.41, 5.74) is 0.796. The van der Waals surface area contributed by atoms with Gasteiger partial charge in [0.2, 0.25) is 0 Å². The lowest BCUT2D eigenvalue weighted by Crippen LogP contribution is -2.36. The van der Waals surface area contributed by atoms with Crippen molar-refractivity contribution in [2.24, 2.45) is 0 Å². The summed E-state index contributed by atoms with van der Waals surface area (Å²) in [7, 11) is 0. The predicted molar refractivity (Wildman–Crippen MR) is 108 cm³/mol. The summed E-state index contributed by atoms with van der Waals surface area (Å²) in [6.07, 6.45) is 8.64. The SMILES string of the molecule is C=C(Br)/C=c1/[nH]c(=O)c2cnn(C(CC)CCC)c2/c1=C/C.CC. The van der Waals surface area contributed by atoms with Gasteiger partial charge in [-0.05, 0) is 25.8 Å². The Kier molecular flexibility index (Phi) is 8.19. The molecule has 0 saturated carbocycles. The van der Waals surface area contributed by atoms with E-state index in [0.717, 1.165) is 39.8 Å². The second kappa shape index (κ2) is 9.62. The van der Waals surface area contributed by atoms with Crippen molar-refractivity contribution in [3.63, 3.8) is 0 Å². The summed E-state index contributed by atoms with van der Waals surface area (Å²) in [4.78, 5) is 15.3. The lowest BCUT2D eigenvalue weighted by molar-refractivity contribution is 0.420. The van der Waals surface area contributed by atoms with Gasteiger partial charge in [-0.3, -0.25) is 9.48 Å². The van der Waals surface area contributed by atoms with Crippen molar-refractivity contribution in [3.05, 3.63) is 38.2 Å². The van der Waals surface area contributed by atoms with Crippen molar-refractivity contribution in [1.82, 2.24) is 14.8 Å². The monoisotopic (exact) mass is 393 g/mol. The second-order valence-electron chi connectivity index (χ2n) is 5.36. The number of nitrogens with zero attached hydrogens (tertiary/aromatic N) is 2. The van der Waals surface area contributed by atoms with Gasteiger partial charge in [0, 0.05) is 9.70 Å². The number of aromatic amines is 1. The molecule has 2 aromatic rings. The summed E-state index contributed by atoms with van der Waals surface area (Å²) in [6.45, 7) is 14.1. The van der Waals surface area contributed by atoms with Crippen LogP contribution in [0.25, 0.3) is 23.1 Å². The van der Waals surface area contributed by atoms with E-state index in [9.17, 15) is 4.79 Å². The first-order valence-corrected chi connectivity index (χ1v) is 9.44. The fourth-order valence-electron chi connectivity index (χ4n) is 2.85. The van der Waals surface area contributed by atoms with E-state index in [1.54, 1.807) is 6.20 Å². The highest BCUT2D eigenvalue weighted by Gasteiger charge is 2.15. The molecule has 24 heavy (non-hydrogen) atoms. The highest BCUT2D eigenvalue weighted by molar-refractivity contribution is 9.12. The van der Waals surface area contributed by atoms with Gasteiger partial charge in [-0.2, -0.15) is 5.10 Å². The summed E-state index contributed by atoms with van der Waals surface area (Å²) in [5, 5.41) is 6.89. The summed E-state index contributed by atoms with van der Waals surface area (Å²) >= 11 is 3.33. The van der Waals surface area contributed by atoms with Crippen LogP contribution in [0.5, 0.6) is 0 Å². The van der Waals surface area contributed by atoms with Gasteiger partial charge in [-0.25, -0.2) is 0 Å². The molecule has 2 heterocycles. The topological polar surface area (TPSA) is 50.7 Å². The van der Waals surface area contributed by atoms with Crippen molar-refractivity contribution in [1.29, 1.82) is 0 Å². The highest BCUT2D eigenvalue weighted by atomic mass is 79.9. The number of pyridine rings is 1. The average Bonchev–Trinajstić information content (AvgIpc) is 2.99. The van der Waals surface area contributed by atoms with Crippen molar-refractivity contribution < 1.29 is 0 Å². The number of aromatic nitrogens is 3. The molecule has 2 rings (SSSR count). The van der Waals surface area contributed by atoms with E-state index >= 15 is 0 Å². The lowest BCUT2D eigenvalue weighted by Gasteiger charge is -2.16. The van der Waals surface area contributed by atoms with Crippen LogP contribution in [0.4, 0.5) is 0 Å². The standard InChI is InChI=1S/C17H22BrN3O.C2H6/c1-5-8-12(6-2)21-16-13(7-3)15(9-11(4)18)20-17(22)14(16)10-19-21;1-2/h7,9-10,12H,4-6,8H2,1-3H3,(H,20,22);1-2H3/b13-7+,15-9+;. The van der Waals surface area contributed by atoms with Crippen LogP contribution in [0, 0.1) is 0 Å². The third-order valence-corrected chi connectivity index (χ3v) is 4.09. The second-order valence-corrected chi connectivity index (χ2v) is 6.38. The van der Waals surface area contributed by atoms with Gasteiger partial charge in [-0.15, -0.1) is 0 Å². The van der Waals surface area contributed by atoms with Gasteiger partial charge < -0.3 is 4.98 Å². The molecule has 0 amide bonds. The molecule has 4 nitrogen and oxygen atoms in total.